The fourth-order valence-electron chi connectivity index (χ4n) is 2.02. The lowest BCUT2D eigenvalue weighted by Gasteiger charge is -2.12. The minimum atomic E-state index is 0.531. The molecular weight excluding hydrogens is 238 g/mol. The molecule has 4 nitrogen and oxygen atoms in total. The lowest BCUT2D eigenvalue weighted by Crippen LogP contribution is -2.20. The van der Waals surface area contributed by atoms with Gasteiger partial charge in [-0.15, -0.1) is 0 Å². The number of nitrogens with one attached hydrogen (secondary N) is 1. The molecule has 19 heavy (non-hydrogen) atoms. The molecule has 0 aliphatic heterocycles. The normalized spacial score (nSPS) is 11.7. The molecule has 0 unspecified atom stereocenters. The van der Waals surface area contributed by atoms with E-state index in [-0.39, 0.29) is 0 Å². The molecule has 0 aliphatic carbocycles. The second-order valence-electron chi connectivity index (χ2n) is 5.40. The molecule has 1 rings (SSSR count). The van der Waals surface area contributed by atoms with Crippen molar-refractivity contribution in [2.24, 2.45) is 5.92 Å². The third-order valence-electron chi connectivity index (χ3n) is 3.16. The van der Waals surface area contributed by atoms with Gasteiger partial charge >= 0.3 is 0 Å². The molecule has 0 atom stereocenters. The number of aromatic nitrogens is 2. The third kappa shape index (κ3) is 6.21. The second kappa shape index (κ2) is 9.10. The van der Waals surface area contributed by atoms with Crippen LogP contribution >= 0.6 is 0 Å². The first-order valence-electron chi connectivity index (χ1n) is 7.49. The zero-order chi connectivity index (χ0) is 14.1. The van der Waals surface area contributed by atoms with Gasteiger partial charge in [0, 0.05) is 25.9 Å². The van der Waals surface area contributed by atoms with Crippen LogP contribution in [0, 0.1) is 5.92 Å². The highest BCUT2D eigenvalue weighted by atomic mass is 16.5. The highest BCUT2D eigenvalue weighted by molar-refractivity contribution is 4.99. The van der Waals surface area contributed by atoms with Crippen molar-refractivity contribution in [1.82, 2.24) is 15.1 Å². The van der Waals surface area contributed by atoms with Crippen LogP contribution in [-0.2, 0) is 11.3 Å². The van der Waals surface area contributed by atoms with Crippen molar-refractivity contribution in [2.75, 3.05) is 19.8 Å². The highest BCUT2D eigenvalue weighted by Crippen LogP contribution is 2.14. The van der Waals surface area contributed by atoms with Crippen LogP contribution in [0.15, 0.2) is 12.3 Å². The van der Waals surface area contributed by atoms with E-state index in [1.165, 1.54) is 0 Å². The van der Waals surface area contributed by atoms with Gasteiger partial charge in [0.05, 0.1) is 18.3 Å². The molecule has 0 aliphatic rings. The Labute approximate surface area is 117 Å². The Morgan fingerprint density at radius 2 is 2.05 bits per heavy atom. The topological polar surface area (TPSA) is 39.1 Å². The fraction of sp³-hybridized carbons (Fsp3) is 0.800. The molecule has 0 bridgehead atoms. The second-order valence-corrected chi connectivity index (χ2v) is 5.40. The molecule has 0 saturated heterocycles. The molecule has 1 N–H and O–H groups in total. The van der Waals surface area contributed by atoms with E-state index in [0.717, 1.165) is 44.8 Å². The summed E-state index contributed by atoms with van der Waals surface area (Å²) >= 11 is 0. The average molecular weight is 267 g/mol. The summed E-state index contributed by atoms with van der Waals surface area (Å²) in [5, 5.41) is 7.97. The maximum atomic E-state index is 5.52. The van der Waals surface area contributed by atoms with Crippen LogP contribution in [0.25, 0.3) is 0 Å². The quantitative estimate of drug-likeness (QED) is 0.662. The van der Waals surface area contributed by atoms with Gasteiger partial charge in [-0.25, -0.2) is 0 Å². The predicted octanol–water partition coefficient (Wildman–Crippen LogP) is 3.01. The molecule has 0 amide bonds. The van der Waals surface area contributed by atoms with Crippen molar-refractivity contribution in [3.8, 4) is 0 Å². The zero-order valence-electron chi connectivity index (χ0n) is 12.9. The van der Waals surface area contributed by atoms with Crippen LogP contribution in [0.5, 0.6) is 0 Å². The Morgan fingerprint density at radius 1 is 1.32 bits per heavy atom. The van der Waals surface area contributed by atoms with E-state index in [1.54, 1.807) is 0 Å². The molecule has 0 spiro atoms. The van der Waals surface area contributed by atoms with Crippen LogP contribution < -0.4 is 5.32 Å². The number of hydrogen-bond donors (Lipinski definition) is 1. The van der Waals surface area contributed by atoms with Crippen LogP contribution in [0.3, 0.4) is 0 Å². The maximum Gasteiger partial charge on any atom is 0.0762 e. The maximum absolute atomic E-state index is 5.52. The van der Waals surface area contributed by atoms with Gasteiger partial charge in [0.25, 0.3) is 0 Å². The van der Waals surface area contributed by atoms with Crippen LogP contribution in [0.2, 0.25) is 0 Å². The summed E-state index contributed by atoms with van der Waals surface area (Å²) in [6.07, 6.45) is 4.35. The monoisotopic (exact) mass is 267 g/mol. The van der Waals surface area contributed by atoms with E-state index in [9.17, 15) is 0 Å². The van der Waals surface area contributed by atoms with Crippen molar-refractivity contribution in [2.45, 2.75) is 53.1 Å². The highest BCUT2D eigenvalue weighted by Gasteiger charge is 2.07. The lowest BCUT2D eigenvalue weighted by molar-refractivity contribution is 0.111. The Bertz CT molecular complexity index is 332. The SMILES string of the molecule is CCC(CC)n1ccc(CNCCOCC(C)C)n1. The van der Waals surface area contributed by atoms with Crippen LogP contribution in [0.1, 0.15) is 52.3 Å². The van der Waals surface area contributed by atoms with Gasteiger partial charge in [-0.2, -0.15) is 5.10 Å². The van der Waals surface area contributed by atoms with E-state index in [4.69, 9.17) is 4.74 Å². The van der Waals surface area contributed by atoms with Crippen molar-refractivity contribution >= 4 is 0 Å². The Kier molecular flexibility index (Phi) is 7.75. The van der Waals surface area contributed by atoms with Gasteiger partial charge in [0.1, 0.15) is 0 Å². The number of ether oxygens (including phenoxy) is 1. The summed E-state index contributed by atoms with van der Waals surface area (Å²) < 4.78 is 7.61. The predicted molar refractivity (Wildman–Crippen MR) is 79.2 cm³/mol. The number of rotatable bonds is 10. The van der Waals surface area contributed by atoms with E-state index < -0.39 is 0 Å². The first-order valence-corrected chi connectivity index (χ1v) is 7.49. The van der Waals surface area contributed by atoms with E-state index in [2.05, 4.69) is 55.1 Å². The van der Waals surface area contributed by atoms with Gasteiger partial charge in [0.2, 0.25) is 0 Å². The van der Waals surface area contributed by atoms with Gasteiger partial charge in [-0.1, -0.05) is 27.7 Å². The van der Waals surface area contributed by atoms with Crippen molar-refractivity contribution in [1.29, 1.82) is 0 Å². The zero-order valence-corrected chi connectivity index (χ0v) is 12.9. The molecule has 110 valence electrons. The van der Waals surface area contributed by atoms with Crippen molar-refractivity contribution in [3.05, 3.63) is 18.0 Å². The molecule has 0 fully saturated rings. The summed E-state index contributed by atoms with van der Waals surface area (Å²) in [5.74, 6) is 0.607. The summed E-state index contributed by atoms with van der Waals surface area (Å²) in [4.78, 5) is 0. The molecule has 0 radical (unpaired) electrons. The minimum absolute atomic E-state index is 0.531. The summed E-state index contributed by atoms with van der Waals surface area (Å²) in [7, 11) is 0. The van der Waals surface area contributed by atoms with Gasteiger partial charge in [-0.05, 0) is 24.8 Å². The smallest absolute Gasteiger partial charge is 0.0762 e. The number of nitrogens with zero attached hydrogens (tertiary/aromatic N) is 2. The van der Waals surface area contributed by atoms with Crippen molar-refractivity contribution < 1.29 is 4.74 Å². The fourth-order valence-corrected chi connectivity index (χ4v) is 2.02. The summed E-state index contributed by atoms with van der Waals surface area (Å²) in [5.41, 5.74) is 1.11. The third-order valence-corrected chi connectivity index (χ3v) is 3.16. The van der Waals surface area contributed by atoms with Gasteiger partial charge in [0.15, 0.2) is 0 Å². The van der Waals surface area contributed by atoms with Crippen LogP contribution in [-0.4, -0.2) is 29.5 Å². The average Bonchev–Trinajstić information content (AvgIpc) is 2.83. The Hall–Kier alpha value is -0.870. The number of hydrogen-bond acceptors (Lipinski definition) is 3. The standard InChI is InChI=1S/C15H29N3O/c1-5-15(6-2)18-9-7-14(17-18)11-16-8-10-19-12-13(3)4/h7,9,13,15-16H,5-6,8,10-12H2,1-4H3. The molecule has 4 heteroatoms. The molecule has 0 saturated carbocycles. The van der Waals surface area contributed by atoms with E-state index in [1.807, 2.05) is 0 Å². The van der Waals surface area contributed by atoms with E-state index in [0.29, 0.717) is 12.0 Å². The van der Waals surface area contributed by atoms with Crippen LogP contribution in [0.4, 0.5) is 0 Å². The van der Waals surface area contributed by atoms with E-state index >= 15 is 0 Å². The first-order chi connectivity index (χ1) is 9.17. The summed E-state index contributed by atoms with van der Waals surface area (Å²) in [6.45, 7) is 12.1. The molecule has 0 aromatic carbocycles. The largest absolute Gasteiger partial charge is 0.380 e. The Morgan fingerprint density at radius 3 is 2.68 bits per heavy atom. The van der Waals surface area contributed by atoms with Crippen molar-refractivity contribution in [3.63, 3.8) is 0 Å². The molecule has 1 aromatic rings. The minimum Gasteiger partial charge on any atom is -0.380 e. The summed E-state index contributed by atoms with van der Waals surface area (Å²) in [6, 6.07) is 2.63. The van der Waals surface area contributed by atoms with Gasteiger partial charge in [-0.3, -0.25) is 4.68 Å². The first kappa shape index (κ1) is 16.2. The Balaban J connectivity index is 2.19. The molecule has 1 aromatic heterocycles. The molecular formula is C15H29N3O. The molecule has 1 heterocycles. The lowest BCUT2D eigenvalue weighted by atomic mass is 10.2. The van der Waals surface area contributed by atoms with Gasteiger partial charge < -0.3 is 10.1 Å².